The van der Waals surface area contributed by atoms with Gasteiger partial charge >= 0.3 is 6.03 Å². The van der Waals surface area contributed by atoms with Gasteiger partial charge in [0.05, 0.1) is 6.04 Å². The molecule has 4 nitrogen and oxygen atoms in total. The van der Waals surface area contributed by atoms with E-state index in [0.29, 0.717) is 0 Å². The summed E-state index contributed by atoms with van der Waals surface area (Å²) in [6, 6.07) is 18.4. The molecule has 4 heteroatoms. The Labute approximate surface area is 130 Å². The van der Waals surface area contributed by atoms with Gasteiger partial charge in [-0.3, -0.25) is 0 Å². The zero-order chi connectivity index (χ0) is 15.4. The second-order valence-corrected chi connectivity index (χ2v) is 5.62. The Balaban J connectivity index is 1.75. The molecule has 1 aliphatic rings. The van der Waals surface area contributed by atoms with Crippen LogP contribution < -0.4 is 11.1 Å². The van der Waals surface area contributed by atoms with Crippen LogP contribution in [0.25, 0.3) is 11.1 Å². The number of benzene rings is 2. The lowest BCUT2D eigenvalue weighted by Gasteiger charge is -2.24. The molecule has 22 heavy (non-hydrogen) atoms. The highest BCUT2D eigenvalue weighted by atomic mass is 16.2. The summed E-state index contributed by atoms with van der Waals surface area (Å²) in [5, 5.41) is 3.49. The van der Waals surface area contributed by atoms with Crippen molar-refractivity contribution < 1.29 is 4.79 Å². The highest BCUT2D eigenvalue weighted by Crippen LogP contribution is 2.28. The van der Waals surface area contributed by atoms with Crippen molar-refractivity contribution in [2.75, 3.05) is 18.4 Å². The average molecular weight is 295 g/mol. The van der Waals surface area contributed by atoms with Gasteiger partial charge in [0.2, 0.25) is 0 Å². The van der Waals surface area contributed by atoms with E-state index in [2.05, 4.69) is 29.6 Å². The molecule has 0 radical (unpaired) electrons. The number of hydrogen-bond donors (Lipinski definition) is 2. The van der Waals surface area contributed by atoms with Crippen molar-refractivity contribution in [3.63, 3.8) is 0 Å². The first-order valence-electron chi connectivity index (χ1n) is 7.70. The molecule has 0 aliphatic carbocycles. The van der Waals surface area contributed by atoms with Crippen LogP contribution in [0.2, 0.25) is 0 Å². The number of nitrogens with two attached hydrogens (primary N) is 1. The number of likely N-dealkylation sites (tertiary alicyclic amines) is 1. The molecule has 114 valence electrons. The van der Waals surface area contributed by atoms with Gasteiger partial charge in [0, 0.05) is 24.3 Å². The summed E-state index contributed by atoms with van der Waals surface area (Å²) < 4.78 is 0. The third-order valence-electron chi connectivity index (χ3n) is 4.20. The highest BCUT2D eigenvalue weighted by Gasteiger charge is 2.26. The lowest BCUT2D eigenvalue weighted by atomic mass is 10.0. The van der Waals surface area contributed by atoms with Gasteiger partial charge in [-0.25, -0.2) is 4.79 Å². The molecule has 1 atom stereocenters. The molecule has 3 rings (SSSR count). The molecular formula is C18H21N3O. The van der Waals surface area contributed by atoms with Gasteiger partial charge in [0.25, 0.3) is 0 Å². The smallest absolute Gasteiger partial charge is 0.315 e. The maximum atomic E-state index is 11.4. The van der Waals surface area contributed by atoms with Crippen LogP contribution in [0.5, 0.6) is 0 Å². The van der Waals surface area contributed by atoms with Crippen molar-refractivity contribution >= 4 is 11.7 Å². The molecule has 0 saturated carbocycles. The van der Waals surface area contributed by atoms with Crippen LogP contribution in [0.3, 0.4) is 0 Å². The number of hydrogen-bond acceptors (Lipinski definition) is 2. The molecule has 1 aliphatic heterocycles. The van der Waals surface area contributed by atoms with Crippen molar-refractivity contribution in [1.29, 1.82) is 0 Å². The Hall–Kier alpha value is -2.49. The second-order valence-electron chi connectivity index (χ2n) is 5.62. The lowest BCUT2D eigenvalue weighted by Crippen LogP contribution is -2.42. The van der Waals surface area contributed by atoms with Crippen molar-refractivity contribution in [2.45, 2.75) is 18.9 Å². The number of carbonyl (C=O) groups is 1. The Morgan fingerprint density at radius 3 is 2.64 bits per heavy atom. The maximum absolute atomic E-state index is 11.4. The van der Waals surface area contributed by atoms with Gasteiger partial charge in [-0.05, 0) is 24.5 Å². The maximum Gasteiger partial charge on any atom is 0.315 e. The first kappa shape index (κ1) is 14.4. The Bertz CT molecular complexity index is 642. The predicted molar refractivity (Wildman–Crippen MR) is 89.7 cm³/mol. The van der Waals surface area contributed by atoms with Gasteiger partial charge in [-0.2, -0.15) is 0 Å². The lowest BCUT2D eigenvalue weighted by molar-refractivity contribution is 0.204. The molecule has 0 bridgehead atoms. The Morgan fingerprint density at radius 2 is 1.86 bits per heavy atom. The largest absolute Gasteiger partial charge is 0.382 e. The van der Waals surface area contributed by atoms with E-state index in [1.165, 1.54) is 11.1 Å². The quantitative estimate of drug-likeness (QED) is 0.909. The predicted octanol–water partition coefficient (Wildman–Crippen LogP) is 3.31. The number of anilines is 1. The van der Waals surface area contributed by atoms with E-state index >= 15 is 0 Å². The molecule has 3 N–H and O–H groups in total. The van der Waals surface area contributed by atoms with Crippen molar-refractivity contribution in [2.24, 2.45) is 5.73 Å². The van der Waals surface area contributed by atoms with E-state index < -0.39 is 0 Å². The van der Waals surface area contributed by atoms with Crippen LogP contribution in [-0.2, 0) is 0 Å². The molecule has 2 aromatic carbocycles. The number of nitrogens with one attached hydrogen (secondary N) is 1. The number of rotatable bonds is 4. The van der Waals surface area contributed by atoms with Gasteiger partial charge in [-0.15, -0.1) is 0 Å². The number of para-hydroxylation sites is 1. The summed E-state index contributed by atoms with van der Waals surface area (Å²) >= 11 is 0. The molecule has 2 aromatic rings. The van der Waals surface area contributed by atoms with E-state index in [0.717, 1.165) is 31.6 Å². The fourth-order valence-electron chi connectivity index (χ4n) is 3.07. The van der Waals surface area contributed by atoms with Crippen LogP contribution in [0.1, 0.15) is 12.8 Å². The van der Waals surface area contributed by atoms with Crippen LogP contribution in [0.4, 0.5) is 10.5 Å². The van der Waals surface area contributed by atoms with Crippen molar-refractivity contribution in [3.05, 3.63) is 54.6 Å². The number of carbonyl (C=O) groups excluding carboxylic acids is 1. The Morgan fingerprint density at radius 1 is 1.14 bits per heavy atom. The van der Waals surface area contributed by atoms with Crippen LogP contribution >= 0.6 is 0 Å². The fourth-order valence-corrected chi connectivity index (χ4v) is 3.07. The SMILES string of the molecule is NC(=O)N1CCC[C@H]1CNc1ccccc1-c1ccccc1. The van der Waals surface area contributed by atoms with E-state index in [1.807, 2.05) is 30.3 Å². The molecule has 2 amide bonds. The number of nitrogens with zero attached hydrogens (tertiary/aromatic N) is 1. The van der Waals surface area contributed by atoms with E-state index in [4.69, 9.17) is 5.73 Å². The zero-order valence-corrected chi connectivity index (χ0v) is 12.5. The molecule has 0 aromatic heterocycles. The first-order valence-corrected chi connectivity index (χ1v) is 7.70. The van der Waals surface area contributed by atoms with E-state index in [9.17, 15) is 4.79 Å². The van der Waals surface area contributed by atoms with Crippen LogP contribution in [-0.4, -0.2) is 30.1 Å². The summed E-state index contributed by atoms with van der Waals surface area (Å²) in [5.41, 5.74) is 8.88. The minimum Gasteiger partial charge on any atom is -0.382 e. The third-order valence-corrected chi connectivity index (χ3v) is 4.20. The van der Waals surface area contributed by atoms with Gasteiger partial charge in [0.15, 0.2) is 0 Å². The summed E-state index contributed by atoms with van der Waals surface area (Å²) in [5.74, 6) is 0. The van der Waals surface area contributed by atoms with Gasteiger partial charge < -0.3 is 16.0 Å². The first-order chi connectivity index (χ1) is 10.8. The van der Waals surface area contributed by atoms with E-state index in [-0.39, 0.29) is 12.1 Å². The molecular weight excluding hydrogens is 274 g/mol. The van der Waals surface area contributed by atoms with E-state index in [1.54, 1.807) is 4.90 Å². The average Bonchev–Trinajstić information content (AvgIpc) is 3.03. The van der Waals surface area contributed by atoms with Gasteiger partial charge in [0.1, 0.15) is 0 Å². The number of amides is 2. The number of primary amides is 1. The molecule has 1 heterocycles. The normalized spacial score (nSPS) is 17.5. The van der Waals surface area contributed by atoms with Gasteiger partial charge in [-0.1, -0.05) is 48.5 Å². The summed E-state index contributed by atoms with van der Waals surface area (Å²) in [6.07, 6.45) is 2.03. The number of urea groups is 1. The molecule has 0 unspecified atom stereocenters. The standard InChI is InChI=1S/C18H21N3O/c19-18(22)21-12-6-9-15(21)13-20-17-11-5-4-10-16(17)14-7-2-1-3-8-14/h1-5,7-8,10-11,15,20H,6,9,12-13H2,(H2,19,22)/t15-/m0/s1. The molecule has 0 spiro atoms. The Kier molecular flexibility index (Phi) is 4.28. The van der Waals surface area contributed by atoms with Crippen molar-refractivity contribution in [1.82, 2.24) is 4.90 Å². The summed E-state index contributed by atoms with van der Waals surface area (Å²) in [4.78, 5) is 13.2. The van der Waals surface area contributed by atoms with Crippen LogP contribution in [0.15, 0.2) is 54.6 Å². The zero-order valence-electron chi connectivity index (χ0n) is 12.5. The second kappa shape index (κ2) is 6.52. The fraction of sp³-hybridized carbons (Fsp3) is 0.278. The highest BCUT2D eigenvalue weighted by molar-refractivity contribution is 5.78. The summed E-state index contributed by atoms with van der Waals surface area (Å²) in [6.45, 7) is 1.49. The topological polar surface area (TPSA) is 58.4 Å². The monoisotopic (exact) mass is 295 g/mol. The minimum atomic E-state index is -0.319. The molecule has 1 saturated heterocycles. The van der Waals surface area contributed by atoms with Crippen molar-refractivity contribution in [3.8, 4) is 11.1 Å². The minimum absolute atomic E-state index is 0.182. The third kappa shape index (κ3) is 3.06. The summed E-state index contributed by atoms with van der Waals surface area (Å²) in [7, 11) is 0. The molecule has 1 fully saturated rings. The van der Waals surface area contributed by atoms with Crippen LogP contribution in [0, 0.1) is 0 Å².